The van der Waals surface area contributed by atoms with Crippen molar-refractivity contribution in [3.05, 3.63) is 63.9 Å². The average Bonchev–Trinajstić information content (AvgIpc) is 3.04. The Morgan fingerprint density at radius 3 is 2.96 bits per heavy atom. The fraction of sp³-hybridized carbons (Fsp3) is 0.316. The summed E-state index contributed by atoms with van der Waals surface area (Å²) >= 11 is 3.31. The molecular formula is C19H19BrFNO2. The Morgan fingerprint density at radius 1 is 1.33 bits per heavy atom. The normalized spacial score (nSPS) is 17.1. The second-order valence-electron chi connectivity index (χ2n) is 5.97. The van der Waals surface area contributed by atoms with Crippen LogP contribution in [0.3, 0.4) is 0 Å². The molecule has 2 aromatic rings. The second kappa shape index (κ2) is 7.34. The lowest BCUT2D eigenvalue weighted by Gasteiger charge is -2.25. The third-order valence-electron chi connectivity index (χ3n) is 4.40. The molecule has 2 aromatic carbocycles. The molecule has 1 atom stereocenters. The Labute approximate surface area is 149 Å². The van der Waals surface area contributed by atoms with Crippen LogP contribution in [0.15, 0.2) is 46.9 Å². The minimum atomic E-state index is -0.477. The number of likely N-dealkylation sites (tertiary alicyclic amines) is 1. The van der Waals surface area contributed by atoms with E-state index in [2.05, 4.69) is 15.9 Å². The summed E-state index contributed by atoms with van der Waals surface area (Å²) in [5.74, 6) is 0.0934. The van der Waals surface area contributed by atoms with E-state index in [1.54, 1.807) is 24.1 Å². The predicted molar refractivity (Wildman–Crippen MR) is 94.9 cm³/mol. The van der Waals surface area contributed by atoms with E-state index >= 15 is 0 Å². The van der Waals surface area contributed by atoms with Crippen molar-refractivity contribution in [1.29, 1.82) is 0 Å². The van der Waals surface area contributed by atoms with Gasteiger partial charge in [0.1, 0.15) is 11.6 Å². The summed E-state index contributed by atoms with van der Waals surface area (Å²) in [5.41, 5.74) is 1.25. The molecule has 126 valence electrons. The zero-order valence-corrected chi connectivity index (χ0v) is 15.1. The first-order chi connectivity index (χ1) is 11.6. The van der Waals surface area contributed by atoms with Crippen LogP contribution in [0, 0.1) is 5.82 Å². The van der Waals surface area contributed by atoms with Gasteiger partial charge < -0.3 is 9.64 Å². The maximum Gasteiger partial charge on any atom is 0.257 e. The van der Waals surface area contributed by atoms with Gasteiger partial charge in [0, 0.05) is 17.1 Å². The van der Waals surface area contributed by atoms with E-state index in [1.807, 2.05) is 24.3 Å². The third kappa shape index (κ3) is 3.61. The monoisotopic (exact) mass is 391 g/mol. The number of ether oxygens (including phenoxy) is 1. The Morgan fingerprint density at radius 2 is 2.17 bits per heavy atom. The van der Waals surface area contributed by atoms with Crippen molar-refractivity contribution in [3.63, 3.8) is 0 Å². The SMILES string of the molecule is COc1cccc(CC2CCCN2C(=O)c2cc(Br)ccc2F)c1. The van der Waals surface area contributed by atoms with Crippen molar-refractivity contribution in [1.82, 2.24) is 4.90 Å². The number of benzene rings is 2. The van der Waals surface area contributed by atoms with Gasteiger partial charge in [0.2, 0.25) is 0 Å². The maximum atomic E-state index is 14.0. The number of carbonyl (C=O) groups excluding carboxylic acids is 1. The second-order valence-corrected chi connectivity index (χ2v) is 6.89. The van der Waals surface area contributed by atoms with Gasteiger partial charge in [-0.3, -0.25) is 4.79 Å². The van der Waals surface area contributed by atoms with E-state index in [9.17, 15) is 9.18 Å². The highest BCUT2D eigenvalue weighted by Gasteiger charge is 2.30. The highest BCUT2D eigenvalue weighted by molar-refractivity contribution is 9.10. The smallest absolute Gasteiger partial charge is 0.257 e. The van der Waals surface area contributed by atoms with Crippen molar-refractivity contribution in [3.8, 4) is 5.75 Å². The lowest BCUT2D eigenvalue weighted by molar-refractivity contribution is 0.0731. The summed E-state index contributed by atoms with van der Waals surface area (Å²) in [6, 6.07) is 12.4. The number of carbonyl (C=O) groups is 1. The first-order valence-electron chi connectivity index (χ1n) is 7.97. The molecule has 1 unspecified atom stereocenters. The van der Waals surface area contributed by atoms with Crippen molar-refractivity contribution in [2.45, 2.75) is 25.3 Å². The molecule has 1 amide bonds. The summed E-state index contributed by atoms with van der Waals surface area (Å²) < 4.78 is 20.0. The molecule has 1 aliphatic rings. The van der Waals surface area contributed by atoms with Gasteiger partial charge in [-0.05, 0) is 55.2 Å². The number of rotatable bonds is 4. The topological polar surface area (TPSA) is 29.5 Å². The largest absolute Gasteiger partial charge is 0.497 e. The van der Waals surface area contributed by atoms with E-state index in [-0.39, 0.29) is 17.5 Å². The Kier molecular flexibility index (Phi) is 5.19. The molecule has 0 aromatic heterocycles. The van der Waals surface area contributed by atoms with Crippen LogP contribution >= 0.6 is 15.9 Å². The molecule has 1 heterocycles. The highest BCUT2D eigenvalue weighted by atomic mass is 79.9. The molecule has 3 nitrogen and oxygen atoms in total. The first-order valence-corrected chi connectivity index (χ1v) is 8.76. The Balaban J connectivity index is 1.79. The molecule has 0 saturated carbocycles. The van der Waals surface area contributed by atoms with Gasteiger partial charge in [-0.2, -0.15) is 0 Å². The van der Waals surface area contributed by atoms with Crippen molar-refractivity contribution in [2.24, 2.45) is 0 Å². The lowest BCUT2D eigenvalue weighted by atomic mass is 10.0. The van der Waals surface area contributed by atoms with Gasteiger partial charge >= 0.3 is 0 Å². The van der Waals surface area contributed by atoms with Crippen LogP contribution in [-0.4, -0.2) is 30.5 Å². The minimum absolute atomic E-state index is 0.0861. The minimum Gasteiger partial charge on any atom is -0.497 e. The fourth-order valence-corrected chi connectivity index (χ4v) is 3.56. The molecular weight excluding hydrogens is 373 g/mol. The number of halogens is 2. The van der Waals surface area contributed by atoms with Gasteiger partial charge in [0.05, 0.1) is 12.7 Å². The predicted octanol–water partition coefficient (Wildman–Crippen LogP) is 4.44. The van der Waals surface area contributed by atoms with Gasteiger partial charge in [0.25, 0.3) is 5.91 Å². The number of amides is 1. The molecule has 5 heteroatoms. The van der Waals surface area contributed by atoms with E-state index < -0.39 is 5.82 Å². The van der Waals surface area contributed by atoms with Crippen LogP contribution in [0.5, 0.6) is 5.75 Å². The highest BCUT2D eigenvalue weighted by Crippen LogP contribution is 2.26. The molecule has 24 heavy (non-hydrogen) atoms. The number of hydrogen-bond acceptors (Lipinski definition) is 2. The Bertz CT molecular complexity index is 750. The molecule has 1 aliphatic heterocycles. The zero-order chi connectivity index (χ0) is 17.1. The molecule has 1 fully saturated rings. The molecule has 1 saturated heterocycles. The average molecular weight is 392 g/mol. The summed E-state index contributed by atoms with van der Waals surface area (Å²) in [5, 5.41) is 0. The van der Waals surface area contributed by atoms with E-state index in [4.69, 9.17) is 4.74 Å². The summed E-state index contributed by atoms with van der Waals surface area (Å²) in [7, 11) is 1.64. The van der Waals surface area contributed by atoms with Crippen LogP contribution in [0.25, 0.3) is 0 Å². The van der Waals surface area contributed by atoms with E-state index in [0.717, 1.165) is 30.6 Å². The molecule has 0 spiro atoms. The Hall–Kier alpha value is -1.88. The van der Waals surface area contributed by atoms with E-state index in [1.165, 1.54) is 6.07 Å². The summed E-state index contributed by atoms with van der Waals surface area (Å²) in [6.07, 6.45) is 2.62. The summed E-state index contributed by atoms with van der Waals surface area (Å²) in [6.45, 7) is 0.666. The van der Waals surface area contributed by atoms with Crippen LogP contribution in [0.4, 0.5) is 4.39 Å². The molecule has 0 radical (unpaired) electrons. The number of hydrogen-bond donors (Lipinski definition) is 0. The standard InChI is InChI=1S/C19H19BrFNO2/c1-24-16-6-2-4-13(11-16)10-15-5-3-9-22(15)19(23)17-12-14(20)7-8-18(17)21/h2,4,6-8,11-12,15H,3,5,9-10H2,1H3. The van der Waals surface area contributed by atoms with Gasteiger partial charge in [-0.25, -0.2) is 4.39 Å². The van der Waals surface area contributed by atoms with Crippen molar-refractivity contribution < 1.29 is 13.9 Å². The quantitative estimate of drug-likeness (QED) is 0.770. The molecule has 0 N–H and O–H groups in total. The first kappa shape index (κ1) is 17.0. The molecule has 0 aliphatic carbocycles. The lowest BCUT2D eigenvalue weighted by Crippen LogP contribution is -2.37. The van der Waals surface area contributed by atoms with Crippen molar-refractivity contribution in [2.75, 3.05) is 13.7 Å². The van der Waals surface area contributed by atoms with Gasteiger partial charge in [-0.15, -0.1) is 0 Å². The van der Waals surface area contributed by atoms with E-state index in [0.29, 0.717) is 11.0 Å². The molecule has 0 bridgehead atoms. The van der Waals surface area contributed by atoms with Gasteiger partial charge in [0.15, 0.2) is 0 Å². The summed E-state index contributed by atoms with van der Waals surface area (Å²) in [4.78, 5) is 14.6. The number of nitrogens with zero attached hydrogens (tertiary/aromatic N) is 1. The van der Waals surface area contributed by atoms with Crippen LogP contribution in [0.2, 0.25) is 0 Å². The van der Waals surface area contributed by atoms with Gasteiger partial charge in [-0.1, -0.05) is 28.1 Å². The van der Waals surface area contributed by atoms with Crippen LogP contribution in [-0.2, 0) is 6.42 Å². The number of methoxy groups -OCH3 is 1. The maximum absolute atomic E-state index is 14.0. The molecule has 3 rings (SSSR count). The third-order valence-corrected chi connectivity index (χ3v) is 4.90. The van der Waals surface area contributed by atoms with Crippen LogP contribution < -0.4 is 4.74 Å². The fourth-order valence-electron chi connectivity index (χ4n) is 3.20. The zero-order valence-electron chi connectivity index (χ0n) is 13.5. The van der Waals surface area contributed by atoms with Crippen LogP contribution in [0.1, 0.15) is 28.8 Å². The van der Waals surface area contributed by atoms with Crippen molar-refractivity contribution >= 4 is 21.8 Å².